The topological polar surface area (TPSA) is 137 Å². The van der Waals surface area contributed by atoms with Crippen molar-refractivity contribution in [3.05, 3.63) is 11.6 Å². The zero-order valence-corrected chi connectivity index (χ0v) is 25.0. The third-order valence-corrected chi connectivity index (χ3v) is 11.0. The summed E-state index contributed by atoms with van der Waals surface area (Å²) in [6.07, 6.45) is 17.3. The van der Waals surface area contributed by atoms with Gasteiger partial charge in [-0.1, -0.05) is 50.3 Å². The Kier molecular flexibility index (Phi) is 9.22. The number of hydrogen-bond donors (Lipinski definition) is 4. The number of nitrogens with zero attached hydrogens (tertiary/aromatic N) is 1. The number of allylic oxidation sites excluding steroid dienone is 2. The number of carboxylic acids is 1. The van der Waals surface area contributed by atoms with Crippen LogP contribution in [0.1, 0.15) is 98.3 Å². The van der Waals surface area contributed by atoms with E-state index in [4.69, 9.17) is 11.3 Å². The molecule has 0 spiro atoms. The lowest BCUT2D eigenvalue weighted by atomic mass is 9.46. The number of carboxylic acid groups (broad SMARTS) is 1. The van der Waals surface area contributed by atoms with Crippen molar-refractivity contribution in [2.24, 2.45) is 33.7 Å². The van der Waals surface area contributed by atoms with Gasteiger partial charge in [0.1, 0.15) is 17.7 Å². The third kappa shape index (κ3) is 5.90. The van der Waals surface area contributed by atoms with E-state index in [1.165, 1.54) is 12.5 Å². The van der Waals surface area contributed by atoms with Gasteiger partial charge in [-0.2, -0.15) is 0 Å². The van der Waals surface area contributed by atoms with Gasteiger partial charge in [0, 0.05) is 5.41 Å². The lowest BCUT2D eigenvalue weighted by Crippen LogP contribution is -2.54. The van der Waals surface area contributed by atoms with Gasteiger partial charge in [0.25, 0.3) is 5.91 Å². The first kappa shape index (κ1) is 31.1. The van der Waals surface area contributed by atoms with Gasteiger partial charge in [-0.15, -0.1) is 6.42 Å². The third-order valence-electron chi connectivity index (χ3n) is 11.0. The molecule has 0 aromatic rings. The van der Waals surface area contributed by atoms with Crippen molar-refractivity contribution in [1.82, 2.24) is 10.6 Å². The number of amides is 2. The van der Waals surface area contributed by atoms with Crippen molar-refractivity contribution >= 4 is 23.5 Å². The Morgan fingerprint density at radius 3 is 2.56 bits per heavy atom. The molecule has 4 N–H and O–H groups in total. The van der Waals surface area contributed by atoms with Gasteiger partial charge in [-0.3, -0.25) is 9.59 Å². The fraction of sp³-hybridized carbons (Fsp3) is 0.750. The van der Waals surface area contributed by atoms with Crippen molar-refractivity contribution in [1.29, 1.82) is 0 Å². The number of terminal acetylenes is 1. The molecule has 4 aliphatic rings. The second-order valence-corrected chi connectivity index (χ2v) is 13.2. The summed E-state index contributed by atoms with van der Waals surface area (Å²) in [6.45, 7) is 7.72. The quantitative estimate of drug-likeness (QED) is 0.232. The van der Waals surface area contributed by atoms with E-state index < -0.39 is 35.5 Å². The van der Waals surface area contributed by atoms with Gasteiger partial charge in [0.05, 0.1) is 5.71 Å². The first-order valence-electron chi connectivity index (χ1n) is 15.3. The summed E-state index contributed by atoms with van der Waals surface area (Å²) in [6, 6.07) is -1.88. The number of hydrogen-bond acceptors (Lipinski definition) is 6. The molecule has 4 aliphatic carbocycles. The average molecular weight is 570 g/mol. The number of aliphatic hydroxyl groups is 1. The van der Waals surface area contributed by atoms with Crippen LogP contribution in [0, 0.1) is 40.9 Å². The van der Waals surface area contributed by atoms with E-state index in [1.54, 1.807) is 0 Å². The first-order chi connectivity index (χ1) is 19.4. The number of aliphatic carboxylic acids is 1. The second kappa shape index (κ2) is 12.2. The maximum atomic E-state index is 12.4. The molecule has 226 valence electrons. The molecule has 0 unspecified atom stereocenters. The van der Waals surface area contributed by atoms with Crippen molar-refractivity contribution in [2.75, 3.05) is 6.61 Å². The fourth-order valence-corrected chi connectivity index (χ4v) is 8.38. The number of unbranched alkanes of at least 4 members (excludes halogenated alkanes) is 1. The highest BCUT2D eigenvalue weighted by molar-refractivity contribution is 5.96. The summed E-state index contributed by atoms with van der Waals surface area (Å²) in [5.41, 5.74) is 1.10. The van der Waals surface area contributed by atoms with Crippen LogP contribution in [0.4, 0.5) is 0 Å². The fourth-order valence-electron chi connectivity index (χ4n) is 8.38. The van der Waals surface area contributed by atoms with Crippen LogP contribution >= 0.6 is 0 Å². The molecule has 2 amide bonds. The molecular formula is C32H47N3O6. The van der Waals surface area contributed by atoms with Crippen LogP contribution < -0.4 is 10.6 Å². The SMILES string of the molecule is C#C[C@@]1(O)CC[C@H]2[C@@H]3CCC4=C/C(=N\OCC(=O)N[C@@H](C)C(=O)N[C@H](CCCC)C(=O)O)CC[C@]4(C)[C@H]3CC[C@@]21C. The Hall–Kier alpha value is -2.86. The molecule has 3 fully saturated rings. The zero-order chi connectivity index (χ0) is 30.0. The molecule has 0 saturated heterocycles. The molecule has 0 aromatic carbocycles. The molecule has 0 bridgehead atoms. The van der Waals surface area contributed by atoms with Crippen LogP contribution in [0.5, 0.6) is 0 Å². The highest BCUT2D eigenvalue weighted by Crippen LogP contribution is 2.67. The number of nitrogens with one attached hydrogen (secondary N) is 2. The molecular weight excluding hydrogens is 522 g/mol. The van der Waals surface area contributed by atoms with Crippen LogP contribution in [0.15, 0.2) is 16.8 Å². The van der Waals surface area contributed by atoms with Crippen LogP contribution in [-0.4, -0.2) is 58.0 Å². The van der Waals surface area contributed by atoms with Crippen LogP contribution in [0.2, 0.25) is 0 Å². The minimum absolute atomic E-state index is 0.0885. The molecule has 0 aromatic heterocycles. The molecule has 0 aliphatic heterocycles. The summed E-state index contributed by atoms with van der Waals surface area (Å²) >= 11 is 0. The number of oxime groups is 1. The predicted molar refractivity (Wildman–Crippen MR) is 156 cm³/mol. The molecule has 3 saturated carbocycles. The van der Waals surface area contributed by atoms with Crippen molar-refractivity contribution in [3.8, 4) is 12.3 Å². The lowest BCUT2D eigenvalue weighted by molar-refractivity contribution is -0.142. The van der Waals surface area contributed by atoms with Crippen LogP contribution in [-0.2, 0) is 19.2 Å². The van der Waals surface area contributed by atoms with E-state index in [1.807, 2.05) is 6.92 Å². The summed E-state index contributed by atoms with van der Waals surface area (Å²) in [7, 11) is 0. The maximum Gasteiger partial charge on any atom is 0.326 e. The standard InChI is InChI=1S/C32H47N3O6/c1-6-8-9-26(29(38)39)34-28(37)20(3)33-27(36)19-41-35-22-12-15-30(4)21(18-22)10-11-23-24(30)13-16-31(5)25(23)14-17-32(31,40)7-2/h2,18,20,23-26,40H,6,8-17,19H2,1,3-5H3,(H,33,36)(H,34,37)(H,38,39)/b35-22-/t20-,23+,24-,25-,26+,30-,31-,32+/m0/s1. The Balaban J connectivity index is 1.31. The monoisotopic (exact) mass is 569 g/mol. The van der Waals surface area contributed by atoms with Gasteiger partial charge in [-0.05, 0) is 94.0 Å². The number of carbonyl (C=O) groups excluding carboxylic acids is 2. The zero-order valence-electron chi connectivity index (χ0n) is 25.0. The average Bonchev–Trinajstić information content (AvgIpc) is 3.21. The molecule has 9 nitrogen and oxygen atoms in total. The summed E-state index contributed by atoms with van der Waals surface area (Å²) in [5.74, 6) is 2.19. The van der Waals surface area contributed by atoms with E-state index in [0.717, 1.165) is 57.1 Å². The Morgan fingerprint density at radius 2 is 1.88 bits per heavy atom. The Labute approximate surface area is 243 Å². The van der Waals surface area contributed by atoms with Crippen molar-refractivity contribution in [3.63, 3.8) is 0 Å². The Bertz CT molecular complexity index is 1140. The molecule has 9 heteroatoms. The largest absolute Gasteiger partial charge is 0.480 e. The highest BCUT2D eigenvalue weighted by atomic mass is 16.6. The van der Waals surface area contributed by atoms with E-state index >= 15 is 0 Å². The van der Waals surface area contributed by atoms with Gasteiger partial charge in [-0.25, -0.2) is 4.79 Å². The van der Waals surface area contributed by atoms with E-state index in [-0.39, 0.29) is 17.4 Å². The summed E-state index contributed by atoms with van der Waals surface area (Å²) in [5, 5.41) is 29.8. The van der Waals surface area contributed by atoms with Gasteiger partial charge in [0.15, 0.2) is 6.61 Å². The molecule has 8 atom stereocenters. The highest BCUT2D eigenvalue weighted by Gasteiger charge is 2.63. The Morgan fingerprint density at radius 1 is 1.15 bits per heavy atom. The number of rotatable bonds is 10. The molecule has 41 heavy (non-hydrogen) atoms. The number of carbonyl (C=O) groups is 3. The predicted octanol–water partition coefficient (Wildman–Crippen LogP) is 3.95. The molecule has 4 rings (SSSR count). The van der Waals surface area contributed by atoms with Gasteiger partial charge in [0.2, 0.25) is 5.91 Å². The van der Waals surface area contributed by atoms with Gasteiger partial charge < -0.3 is 25.7 Å². The van der Waals surface area contributed by atoms with Crippen LogP contribution in [0.25, 0.3) is 0 Å². The molecule has 0 radical (unpaired) electrons. The molecule has 0 heterocycles. The summed E-state index contributed by atoms with van der Waals surface area (Å²) in [4.78, 5) is 41.5. The first-order valence-corrected chi connectivity index (χ1v) is 15.3. The lowest BCUT2D eigenvalue weighted by Gasteiger charge is -2.58. The maximum absolute atomic E-state index is 12.4. The minimum atomic E-state index is -1.09. The van der Waals surface area contributed by atoms with E-state index in [0.29, 0.717) is 37.0 Å². The van der Waals surface area contributed by atoms with E-state index in [9.17, 15) is 24.6 Å². The number of fused-ring (bicyclic) bond motifs is 5. The summed E-state index contributed by atoms with van der Waals surface area (Å²) < 4.78 is 0. The smallest absolute Gasteiger partial charge is 0.326 e. The second-order valence-electron chi connectivity index (χ2n) is 13.2. The van der Waals surface area contributed by atoms with E-state index in [2.05, 4.69) is 41.6 Å². The van der Waals surface area contributed by atoms with Crippen molar-refractivity contribution < 1.29 is 29.4 Å². The van der Waals surface area contributed by atoms with Crippen molar-refractivity contribution in [2.45, 2.75) is 116 Å². The van der Waals surface area contributed by atoms with Crippen LogP contribution in [0.3, 0.4) is 0 Å². The minimum Gasteiger partial charge on any atom is -0.480 e. The van der Waals surface area contributed by atoms with Gasteiger partial charge >= 0.3 is 5.97 Å². The normalized spacial score (nSPS) is 36.4.